The second-order valence-corrected chi connectivity index (χ2v) is 8.38. The molecule has 0 bridgehead atoms. The first-order chi connectivity index (χ1) is 17.4. The lowest BCUT2D eigenvalue weighted by atomic mass is 10.1. The minimum absolute atomic E-state index is 0.101. The highest BCUT2D eigenvalue weighted by molar-refractivity contribution is 6.05. The molecule has 1 unspecified atom stereocenters. The standard InChI is InChI=1S/C24H23FN10O/c1-13-10-15(4-9-18(13)25)11-26-24(36)20-21-19(27-12-28-20)23(32-35(21)3)29-14(2)16-5-7-17(8-6-16)22-30-33-34-31-22/h4-10,12,14H,11H2,1-3H3,(H,26,36)(H,29,32)(H,30,31,33,34). The number of hydrogen-bond acceptors (Lipinski definition) is 8. The van der Waals surface area contributed by atoms with Crippen LogP contribution in [0.4, 0.5) is 10.2 Å². The largest absolute Gasteiger partial charge is 0.360 e. The molecule has 12 heteroatoms. The Morgan fingerprint density at radius 2 is 1.97 bits per heavy atom. The normalized spacial score (nSPS) is 12.0. The van der Waals surface area contributed by atoms with Crippen molar-refractivity contribution in [2.24, 2.45) is 7.05 Å². The minimum Gasteiger partial charge on any atom is -0.360 e. The molecular formula is C24H23FN10O. The van der Waals surface area contributed by atoms with Crippen LogP contribution in [0.25, 0.3) is 22.4 Å². The molecule has 11 nitrogen and oxygen atoms in total. The van der Waals surface area contributed by atoms with Crippen LogP contribution < -0.4 is 10.6 Å². The Morgan fingerprint density at radius 3 is 2.69 bits per heavy atom. The van der Waals surface area contributed by atoms with Gasteiger partial charge in [-0.15, -0.1) is 10.2 Å². The van der Waals surface area contributed by atoms with E-state index in [1.54, 1.807) is 30.8 Å². The average Bonchev–Trinajstić information content (AvgIpc) is 3.53. The summed E-state index contributed by atoms with van der Waals surface area (Å²) in [5.41, 5.74) is 4.42. The molecule has 182 valence electrons. The number of amides is 1. The summed E-state index contributed by atoms with van der Waals surface area (Å²) in [6, 6.07) is 12.4. The van der Waals surface area contributed by atoms with E-state index in [1.165, 1.54) is 12.4 Å². The van der Waals surface area contributed by atoms with Gasteiger partial charge in [0.2, 0.25) is 5.82 Å². The fraction of sp³-hybridized carbons (Fsp3) is 0.208. The number of nitrogens with one attached hydrogen (secondary N) is 3. The van der Waals surface area contributed by atoms with Crippen LogP contribution in [-0.4, -0.2) is 46.3 Å². The maximum absolute atomic E-state index is 13.5. The third kappa shape index (κ3) is 4.48. The first kappa shape index (κ1) is 23.0. The van der Waals surface area contributed by atoms with Crippen LogP contribution in [0, 0.1) is 12.7 Å². The van der Waals surface area contributed by atoms with E-state index in [4.69, 9.17) is 0 Å². The van der Waals surface area contributed by atoms with Crippen LogP contribution in [0.1, 0.15) is 40.1 Å². The molecule has 0 saturated heterocycles. The molecule has 0 aliphatic rings. The molecule has 0 saturated carbocycles. The zero-order valence-electron chi connectivity index (χ0n) is 19.8. The summed E-state index contributed by atoms with van der Waals surface area (Å²) < 4.78 is 15.1. The lowest BCUT2D eigenvalue weighted by Crippen LogP contribution is -2.24. The highest BCUT2D eigenvalue weighted by Crippen LogP contribution is 2.27. The predicted octanol–water partition coefficient (Wildman–Crippen LogP) is 3.09. The maximum atomic E-state index is 13.5. The minimum atomic E-state index is -0.371. The second kappa shape index (κ2) is 9.49. The summed E-state index contributed by atoms with van der Waals surface area (Å²) >= 11 is 0. The van der Waals surface area contributed by atoms with E-state index in [-0.39, 0.29) is 30.0 Å². The van der Waals surface area contributed by atoms with Gasteiger partial charge in [0.25, 0.3) is 5.91 Å². The fourth-order valence-electron chi connectivity index (χ4n) is 3.95. The molecular weight excluding hydrogens is 463 g/mol. The van der Waals surface area contributed by atoms with Crippen molar-refractivity contribution >= 4 is 22.8 Å². The van der Waals surface area contributed by atoms with E-state index in [1.807, 2.05) is 31.2 Å². The monoisotopic (exact) mass is 486 g/mol. The zero-order chi connectivity index (χ0) is 25.2. The third-order valence-electron chi connectivity index (χ3n) is 5.88. The molecule has 0 spiro atoms. The van der Waals surface area contributed by atoms with Crippen LogP contribution in [0.15, 0.2) is 48.8 Å². The van der Waals surface area contributed by atoms with Gasteiger partial charge in [0.15, 0.2) is 11.5 Å². The number of nitrogens with zero attached hydrogens (tertiary/aromatic N) is 7. The number of tetrazole rings is 1. The number of carbonyl (C=O) groups is 1. The van der Waals surface area contributed by atoms with Crippen LogP contribution in [0.3, 0.4) is 0 Å². The first-order valence-corrected chi connectivity index (χ1v) is 11.2. The van der Waals surface area contributed by atoms with E-state index in [0.29, 0.717) is 28.2 Å². The summed E-state index contributed by atoms with van der Waals surface area (Å²) in [4.78, 5) is 21.5. The van der Waals surface area contributed by atoms with Gasteiger partial charge in [0, 0.05) is 19.2 Å². The summed E-state index contributed by atoms with van der Waals surface area (Å²) in [5.74, 6) is 0.404. The van der Waals surface area contributed by atoms with Gasteiger partial charge in [-0.2, -0.15) is 10.3 Å². The molecule has 3 N–H and O–H groups in total. The van der Waals surface area contributed by atoms with Crippen molar-refractivity contribution in [2.45, 2.75) is 26.4 Å². The Balaban J connectivity index is 1.34. The Morgan fingerprint density at radius 1 is 1.17 bits per heavy atom. The third-order valence-corrected chi connectivity index (χ3v) is 5.88. The van der Waals surface area contributed by atoms with Gasteiger partial charge in [0.05, 0.1) is 6.04 Å². The van der Waals surface area contributed by atoms with Gasteiger partial charge in [-0.05, 0) is 41.8 Å². The predicted molar refractivity (Wildman–Crippen MR) is 130 cm³/mol. The molecule has 2 aromatic carbocycles. The number of aromatic amines is 1. The lowest BCUT2D eigenvalue weighted by molar-refractivity contribution is 0.0947. The molecule has 3 heterocycles. The molecule has 5 aromatic rings. The molecule has 1 amide bonds. The molecule has 0 fully saturated rings. The van der Waals surface area contributed by atoms with Crippen molar-refractivity contribution in [2.75, 3.05) is 5.32 Å². The van der Waals surface area contributed by atoms with E-state index >= 15 is 0 Å². The van der Waals surface area contributed by atoms with Crippen molar-refractivity contribution in [3.05, 3.63) is 77.0 Å². The SMILES string of the molecule is Cc1cc(CNC(=O)c2ncnc3c(NC(C)c4ccc(-c5nn[nH]n5)cc4)nn(C)c23)ccc1F. The lowest BCUT2D eigenvalue weighted by Gasteiger charge is -2.14. The zero-order valence-corrected chi connectivity index (χ0v) is 19.8. The van der Waals surface area contributed by atoms with E-state index in [9.17, 15) is 9.18 Å². The van der Waals surface area contributed by atoms with Crippen LogP contribution in [0.5, 0.6) is 0 Å². The Bertz CT molecular complexity index is 1530. The van der Waals surface area contributed by atoms with Crippen LogP contribution in [0.2, 0.25) is 0 Å². The number of fused-ring (bicyclic) bond motifs is 1. The summed E-state index contributed by atoms with van der Waals surface area (Å²) in [6.45, 7) is 3.93. The number of halogens is 1. The number of aromatic nitrogens is 8. The molecule has 1 atom stereocenters. The second-order valence-electron chi connectivity index (χ2n) is 8.38. The Labute approximate surface area is 205 Å². The summed E-state index contributed by atoms with van der Waals surface area (Å²) in [6.07, 6.45) is 1.34. The number of benzene rings is 2. The molecule has 0 radical (unpaired) electrons. The van der Waals surface area contributed by atoms with Gasteiger partial charge in [-0.3, -0.25) is 9.48 Å². The quantitative estimate of drug-likeness (QED) is 0.319. The van der Waals surface area contributed by atoms with Gasteiger partial charge in [0.1, 0.15) is 23.2 Å². The Hall–Kier alpha value is -4.74. The Kier molecular flexibility index (Phi) is 6.07. The first-order valence-electron chi connectivity index (χ1n) is 11.2. The number of H-pyrrole nitrogens is 1. The van der Waals surface area contributed by atoms with E-state index in [0.717, 1.165) is 16.7 Å². The summed E-state index contributed by atoms with van der Waals surface area (Å²) in [7, 11) is 1.74. The average molecular weight is 487 g/mol. The molecule has 0 aliphatic carbocycles. The van der Waals surface area contributed by atoms with Crippen molar-refractivity contribution in [3.63, 3.8) is 0 Å². The topological polar surface area (TPSA) is 139 Å². The van der Waals surface area contributed by atoms with Gasteiger partial charge < -0.3 is 10.6 Å². The molecule has 3 aromatic heterocycles. The highest BCUT2D eigenvalue weighted by atomic mass is 19.1. The molecule has 0 aliphatic heterocycles. The smallest absolute Gasteiger partial charge is 0.272 e. The molecule has 5 rings (SSSR count). The number of carbonyl (C=O) groups excluding carboxylic acids is 1. The van der Waals surface area contributed by atoms with Gasteiger partial charge >= 0.3 is 0 Å². The summed E-state index contributed by atoms with van der Waals surface area (Å²) in [5, 5.41) is 24.8. The number of rotatable bonds is 7. The van der Waals surface area contributed by atoms with Crippen LogP contribution >= 0.6 is 0 Å². The van der Waals surface area contributed by atoms with Crippen molar-refractivity contribution in [1.29, 1.82) is 0 Å². The fourth-order valence-corrected chi connectivity index (χ4v) is 3.95. The van der Waals surface area contributed by atoms with E-state index in [2.05, 4.69) is 46.3 Å². The van der Waals surface area contributed by atoms with Crippen LogP contribution in [-0.2, 0) is 13.6 Å². The van der Waals surface area contributed by atoms with Gasteiger partial charge in [-0.25, -0.2) is 14.4 Å². The number of anilines is 1. The van der Waals surface area contributed by atoms with Crippen molar-refractivity contribution < 1.29 is 9.18 Å². The number of aryl methyl sites for hydroxylation is 2. The molecule has 36 heavy (non-hydrogen) atoms. The number of hydrogen-bond donors (Lipinski definition) is 3. The van der Waals surface area contributed by atoms with E-state index < -0.39 is 0 Å². The van der Waals surface area contributed by atoms with Crippen molar-refractivity contribution in [1.82, 2.24) is 45.7 Å². The maximum Gasteiger partial charge on any atom is 0.272 e. The highest BCUT2D eigenvalue weighted by Gasteiger charge is 2.21. The van der Waals surface area contributed by atoms with Crippen molar-refractivity contribution in [3.8, 4) is 11.4 Å². The van der Waals surface area contributed by atoms with Gasteiger partial charge in [-0.1, -0.05) is 36.4 Å².